The Kier molecular flexibility index (Phi) is 7.09. The van der Waals surface area contributed by atoms with Crippen molar-refractivity contribution in [2.45, 2.75) is 32.2 Å². The van der Waals surface area contributed by atoms with Crippen LogP contribution in [0.4, 0.5) is 10.1 Å². The van der Waals surface area contributed by atoms with Crippen LogP contribution in [-0.4, -0.2) is 39.9 Å². The number of piperidine rings is 1. The molecule has 9 heteroatoms. The number of nitrogens with one attached hydrogen (secondary N) is 1. The third kappa shape index (κ3) is 6.23. The number of aryl methyl sites for hydroxylation is 1. The van der Waals surface area contributed by atoms with Gasteiger partial charge in [-0.2, -0.15) is 4.98 Å². The molecule has 1 fully saturated rings. The van der Waals surface area contributed by atoms with Crippen molar-refractivity contribution < 1.29 is 18.5 Å². The third-order valence-electron chi connectivity index (χ3n) is 5.69. The number of amides is 2. The van der Waals surface area contributed by atoms with Crippen molar-refractivity contribution in [1.29, 1.82) is 0 Å². The van der Waals surface area contributed by atoms with Gasteiger partial charge in [0.1, 0.15) is 5.82 Å². The van der Waals surface area contributed by atoms with Crippen LogP contribution in [0.25, 0.3) is 11.4 Å². The monoisotopic (exact) mass is 451 g/mol. The maximum absolute atomic E-state index is 13.0. The van der Waals surface area contributed by atoms with Crippen LogP contribution in [0, 0.1) is 11.7 Å². The molecule has 0 radical (unpaired) electrons. The largest absolute Gasteiger partial charge is 0.369 e. The molecule has 1 aromatic heterocycles. The summed E-state index contributed by atoms with van der Waals surface area (Å²) in [6.07, 6.45) is 2.31. The zero-order valence-corrected chi connectivity index (χ0v) is 18.2. The van der Waals surface area contributed by atoms with Crippen LogP contribution in [0.5, 0.6) is 0 Å². The highest BCUT2D eigenvalue weighted by Crippen LogP contribution is 2.20. The molecule has 0 spiro atoms. The molecule has 8 nitrogen and oxygen atoms in total. The Labute approximate surface area is 191 Å². The number of nitrogens with zero attached hydrogens (tertiary/aromatic N) is 3. The van der Waals surface area contributed by atoms with Crippen molar-refractivity contribution in [1.82, 2.24) is 15.0 Å². The molecule has 3 N–H and O–H groups in total. The Morgan fingerprint density at radius 3 is 2.64 bits per heavy atom. The lowest BCUT2D eigenvalue weighted by molar-refractivity contribution is -0.123. The lowest BCUT2D eigenvalue weighted by atomic mass is 9.97. The van der Waals surface area contributed by atoms with Crippen LogP contribution >= 0.6 is 0 Å². The number of carbonyl (C=O) groups excluding carboxylic acids is 2. The second kappa shape index (κ2) is 10.4. The highest BCUT2D eigenvalue weighted by Gasteiger charge is 2.23. The van der Waals surface area contributed by atoms with E-state index in [4.69, 9.17) is 10.3 Å². The van der Waals surface area contributed by atoms with Gasteiger partial charge < -0.3 is 15.6 Å². The molecule has 2 heterocycles. The van der Waals surface area contributed by atoms with E-state index >= 15 is 0 Å². The summed E-state index contributed by atoms with van der Waals surface area (Å²) < 4.78 is 18.2. The molecule has 4 rings (SSSR count). The average Bonchev–Trinajstić information content (AvgIpc) is 3.29. The van der Waals surface area contributed by atoms with E-state index in [0.29, 0.717) is 35.9 Å². The van der Waals surface area contributed by atoms with E-state index in [0.717, 1.165) is 31.5 Å². The molecule has 0 bridgehead atoms. The van der Waals surface area contributed by atoms with Gasteiger partial charge in [-0.05, 0) is 61.3 Å². The predicted molar refractivity (Wildman–Crippen MR) is 120 cm³/mol. The van der Waals surface area contributed by atoms with Gasteiger partial charge in [-0.25, -0.2) is 4.39 Å². The predicted octanol–water partition coefficient (Wildman–Crippen LogP) is 3.14. The van der Waals surface area contributed by atoms with E-state index in [1.54, 1.807) is 12.1 Å². The standard InChI is InChI=1S/C24H26FN5O3/c25-19-7-5-17(6-8-19)24-28-22(33-29-24)12-11-21(31)27-20-9-3-16(4-10-20)14-30-13-1-2-18(15-30)23(26)32/h3-10,18H,1-2,11-15H2,(H2,26,32)(H,27,31). The molecule has 1 aliphatic heterocycles. The first-order chi connectivity index (χ1) is 16.0. The van der Waals surface area contributed by atoms with Gasteiger partial charge in [-0.3, -0.25) is 14.5 Å². The number of anilines is 1. The van der Waals surface area contributed by atoms with Crippen LogP contribution < -0.4 is 11.1 Å². The molecule has 0 aliphatic carbocycles. The normalized spacial score (nSPS) is 16.5. The first-order valence-corrected chi connectivity index (χ1v) is 11.0. The van der Waals surface area contributed by atoms with Gasteiger partial charge in [0.05, 0.1) is 5.92 Å². The molecular weight excluding hydrogens is 425 g/mol. The molecule has 33 heavy (non-hydrogen) atoms. The van der Waals surface area contributed by atoms with Gasteiger partial charge in [0.25, 0.3) is 0 Å². The number of carbonyl (C=O) groups is 2. The van der Waals surface area contributed by atoms with Crippen molar-refractivity contribution in [3.8, 4) is 11.4 Å². The second-order valence-corrected chi connectivity index (χ2v) is 8.24. The summed E-state index contributed by atoms with van der Waals surface area (Å²) in [4.78, 5) is 30.2. The van der Waals surface area contributed by atoms with E-state index < -0.39 is 0 Å². The van der Waals surface area contributed by atoms with Crippen molar-refractivity contribution in [2.75, 3.05) is 18.4 Å². The number of halogens is 1. The fourth-order valence-corrected chi connectivity index (χ4v) is 3.90. The fraction of sp³-hybridized carbons (Fsp3) is 0.333. The van der Waals surface area contributed by atoms with Crippen molar-refractivity contribution in [3.63, 3.8) is 0 Å². The maximum Gasteiger partial charge on any atom is 0.227 e. The Morgan fingerprint density at radius 2 is 1.91 bits per heavy atom. The fourth-order valence-electron chi connectivity index (χ4n) is 3.90. The van der Waals surface area contributed by atoms with Gasteiger partial charge in [0, 0.05) is 37.2 Å². The minimum atomic E-state index is -0.338. The number of hydrogen-bond donors (Lipinski definition) is 2. The highest BCUT2D eigenvalue weighted by molar-refractivity contribution is 5.90. The van der Waals surface area contributed by atoms with Gasteiger partial charge in [0.15, 0.2) is 0 Å². The number of hydrogen-bond acceptors (Lipinski definition) is 6. The Morgan fingerprint density at radius 1 is 1.15 bits per heavy atom. The number of rotatable bonds is 8. The van der Waals surface area contributed by atoms with E-state index in [1.807, 2.05) is 24.3 Å². The molecule has 1 atom stereocenters. The highest BCUT2D eigenvalue weighted by atomic mass is 19.1. The zero-order chi connectivity index (χ0) is 23.2. The van der Waals surface area contributed by atoms with Gasteiger partial charge >= 0.3 is 0 Å². The smallest absolute Gasteiger partial charge is 0.227 e. The molecule has 2 aromatic carbocycles. The molecule has 3 aromatic rings. The summed E-state index contributed by atoms with van der Waals surface area (Å²) >= 11 is 0. The molecular formula is C24H26FN5O3. The van der Waals surface area contributed by atoms with Crippen molar-refractivity contribution >= 4 is 17.5 Å². The van der Waals surface area contributed by atoms with E-state index in [1.165, 1.54) is 12.1 Å². The van der Waals surface area contributed by atoms with Crippen LogP contribution in [0.2, 0.25) is 0 Å². The molecule has 0 saturated carbocycles. The van der Waals surface area contributed by atoms with E-state index in [9.17, 15) is 14.0 Å². The van der Waals surface area contributed by atoms with Crippen LogP contribution in [0.3, 0.4) is 0 Å². The summed E-state index contributed by atoms with van der Waals surface area (Å²) in [7, 11) is 0. The zero-order valence-electron chi connectivity index (χ0n) is 18.2. The molecule has 1 aliphatic rings. The van der Waals surface area contributed by atoms with Crippen LogP contribution in [0.15, 0.2) is 53.1 Å². The molecule has 1 unspecified atom stereocenters. The number of nitrogens with two attached hydrogens (primary N) is 1. The van der Waals surface area contributed by atoms with E-state index in [2.05, 4.69) is 20.4 Å². The Bertz CT molecular complexity index is 1100. The minimum absolute atomic E-state index is 0.0806. The summed E-state index contributed by atoms with van der Waals surface area (Å²) in [5.74, 6) is -0.111. The second-order valence-electron chi connectivity index (χ2n) is 8.24. The number of likely N-dealkylation sites (tertiary alicyclic amines) is 1. The Hall–Kier alpha value is -3.59. The van der Waals surface area contributed by atoms with Gasteiger partial charge in [-0.1, -0.05) is 17.3 Å². The first-order valence-electron chi connectivity index (χ1n) is 11.0. The molecule has 2 amide bonds. The van der Waals surface area contributed by atoms with Crippen LogP contribution in [0.1, 0.15) is 30.7 Å². The average molecular weight is 452 g/mol. The van der Waals surface area contributed by atoms with Crippen molar-refractivity contribution in [3.05, 3.63) is 65.8 Å². The maximum atomic E-state index is 13.0. The topological polar surface area (TPSA) is 114 Å². The molecule has 1 saturated heterocycles. The molecule has 172 valence electrons. The van der Waals surface area contributed by atoms with Crippen LogP contribution in [-0.2, 0) is 22.6 Å². The Balaban J connectivity index is 1.24. The van der Waals surface area contributed by atoms with E-state index in [-0.39, 0.29) is 30.0 Å². The summed E-state index contributed by atoms with van der Waals surface area (Å²) in [5.41, 5.74) is 7.91. The summed E-state index contributed by atoms with van der Waals surface area (Å²) in [6, 6.07) is 13.5. The summed E-state index contributed by atoms with van der Waals surface area (Å²) in [5, 5.41) is 6.74. The van der Waals surface area contributed by atoms with Gasteiger partial charge in [0.2, 0.25) is 23.5 Å². The first kappa shape index (κ1) is 22.6. The number of aromatic nitrogens is 2. The van der Waals surface area contributed by atoms with Gasteiger partial charge in [-0.15, -0.1) is 0 Å². The quantitative estimate of drug-likeness (QED) is 0.544. The number of benzene rings is 2. The lowest BCUT2D eigenvalue weighted by Crippen LogP contribution is -2.40. The number of primary amides is 1. The minimum Gasteiger partial charge on any atom is -0.369 e. The van der Waals surface area contributed by atoms with Crippen molar-refractivity contribution in [2.24, 2.45) is 11.7 Å². The summed E-state index contributed by atoms with van der Waals surface area (Å²) in [6.45, 7) is 2.37. The SMILES string of the molecule is NC(=O)C1CCCN(Cc2ccc(NC(=O)CCc3nc(-c4ccc(F)cc4)no3)cc2)C1. The third-order valence-corrected chi connectivity index (χ3v) is 5.69. The lowest BCUT2D eigenvalue weighted by Gasteiger charge is -2.31.